The summed E-state index contributed by atoms with van der Waals surface area (Å²) in [6.07, 6.45) is 3.68. The van der Waals surface area contributed by atoms with Gasteiger partial charge in [-0.1, -0.05) is 36.9 Å². The molecule has 148 valence electrons. The number of likely N-dealkylation sites (N-methyl/N-ethyl adjacent to an activating group) is 1. The van der Waals surface area contributed by atoms with Crippen molar-refractivity contribution in [2.75, 3.05) is 44.7 Å². The Morgan fingerprint density at radius 2 is 1.75 bits per heavy atom. The fraction of sp³-hybridized carbons (Fsp3) is 0.458. The van der Waals surface area contributed by atoms with Crippen LogP contribution in [-0.2, 0) is 0 Å². The summed E-state index contributed by atoms with van der Waals surface area (Å²) < 4.78 is 0. The van der Waals surface area contributed by atoms with Crippen LogP contribution in [-0.4, -0.2) is 54.6 Å². The summed E-state index contributed by atoms with van der Waals surface area (Å²) in [5.41, 5.74) is 4.87. The van der Waals surface area contributed by atoms with Gasteiger partial charge in [0.1, 0.15) is 5.82 Å². The van der Waals surface area contributed by atoms with E-state index >= 15 is 0 Å². The molecule has 1 aromatic carbocycles. The van der Waals surface area contributed by atoms with Crippen LogP contribution >= 0.6 is 0 Å². The van der Waals surface area contributed by atoms with Crippen LogP contribution in [0.25, 0.3) is 5.70 Å². The van der Waals surface area contributed by atoms with Crippen molar-refractivity contribution >= 4 is 11.5 Å². The lowest BCUT2D eigenvalue weighted by molar-refractivity contribution is 0.229. The van der Waals surface area contributed by atoms with Crippen LogP contribution in [0.15, 0.2) is 49.0 Å². The second kappa shape index (κ2) is 8.36. The maximum Gasteiger partial charge on any atom is 0.129 e. The van der Waals surface area contributed by atoms with Crippen LogP contribution < -0.4 is 4.90 Å². The Hall–Kier alpha value is -2.33. The van der Waals surface area contributed by atoms with E-state index in [1.165, 1.54) is 30.4 Å². The van der Waals surface area contributed by atoms with Gasteiger partial charge < -0.3 is 14.7 Å². The van der Waals surface area contributed by atoms with E-state index in [0.29, 0.717) is 6.04 Å². The summed E-state index contributed by atoms with van der Waals surface area (Å²) in [4.78, 5) is 12.3. The van der Waals surface area contributed by atoms with E-state index in [9.17, 15) is 0 Å². The van der Waals surface area contributed by atoms with Gasteiger partial charge in [-0.2, -0.15) is 0 Å². The van der Waals surface area contributed by atoms with Gasteiger partial charge in [0.2, 0.25) is 0 Å². The number of benzene rings is 1. The number of piperidine rings is 1. The molecule has 4 rings (SSSR count). The first-order valence-corrected chi connectivity index (χ1v) is 10.6. The first kappa shape index (κ1) is 19.0. The van der Waals surface area contributed by atoms with Crippen molar-refractivity contribution in [3.05, 3.63) is 65.9 Å². The molecule has 0 aliphatic carbocycles. The molecule has 1 unspecified atom stereocenters. The number of hydrogen-bond donors (Lipinski definition) is 0. The summed E-state index contributed by atoms with van der Waals surface area (Å²) in [6, 6.07) is 15.6. The highest BCUT2D eigenvalue weighted by Gasteiger charge is 2.27. The number of likely N-dealkylation sites (tertiary alicyclic amines) is 1. The molecule has 28 heavy (non-hydrogen) atoms. The van der Waals surface area contributed by atoms with Gasteiger partial charge in [-0.25, -0.2) is 4.98 Å². The van der Waals surface area contributed by atoms with Crippen LogP contribution in [0, 0.1) is 6.92 Å². The van der Waals surface area contributed by atoms with Crippen molar-refractivity contribution in [2.45, 2.75) is 32.2 Å². The Morgan fingerprint density at radius 3 is 2.54 bits per heavy atom. The SMILES string of the molecule is C=C(c1cccc(N2CCN(C)CC2)n1)N1CCCCC1c1ccccc1C. The minimum absolute atomic E-state index is 0.400. The maximum absolute atomic E-state index is 5.01. The molecule has 2 saturated heterocycles. The third kappa shape index (κ3) is 3.93. The van der Waals surface area contributed by atoms with Gasteiger partial charge in [0.15, 0.2) is 0 Å². The van der Waals surface area contributed by atoms with E-state index in [1.807, 2.05) is 0 Å². The van der Waals surface area contributed by atoms with Gasteiger partial charge in [-0.15, -0.1) is 0 Å². The van der Waals surface area contributed by atoms with Gasteiger partial charge in [0, 0.05) is 32.7 Å². The van der Waals surface area contributed by atoms with Crippen LogP contribution in [0.5, 0.6) is 0 Å². The fourth-order valence-electron chi connectivity index (χ4n) is 4.48. The summed E-state index contributed by atoms with van der Waals surface area (Å²) in [5, 5.41) is 0. The number of aromatic nitrogens is 1. The molecule has 3 heterocycles. The minimum Gasteiger partial charge on any atom is -0.363 e. The first-order valence-electron chi connectivity index (χ1n) is 10.6. The van der Waals surface area contributed by atoms with Gasteiger partial charge >= 0.3 is 0 Å². The zero-order valence-corrected chi connectivity index (χ0v) is 17.3. The predicted molar refractivity (Wildman–Crippen MR) is 117 cm³/mol. The van der Waals surface area contributed by atoms with Crippen molar-refractivity contribution in [3.63, 3.8) is 0 Å². The van der Waals surface area contributed by atoms with Crippen molar-refractivity contribution in [1.82, 2.24) is 14.8 Å². The molecule has 4 heteroatoms. The Labute approximate surface area is 169 Å². The highest BCUT2D eigenvalue weighted by Crippen LogP contribution is 2.37. The zero-order chi connectivity index (χ0) is 19.5. The van der Waals surface area contributed by atoms with E-state index < -0.39 is 0 Å². The summed E-state index contributed by atoms with van der Waals surface area (Å²) in [7, 11) is 2.19. The standard InChI is InChI=1S/C24H32N4/c1-19-9-4-5-10-21(19)23-12-6-7-14-28(23)20(2)22-11-8-13-24(25-22)27-17-15-26(3)16-18-27/h4-5,8-11,13,23H,2,6-7,12,14-18H2,1,3H3. The second-order valence-corrected chi connectivity index (χ2v) is 8.18. The number of piperazine rings is 1. The molecule has 4 nitrogen and oxygen atoms in total. The molecule has 1 aromatic heterocycles. The molecule has 2 aromatic rings. The topological polar surface area (TPSA) is 22.6 Å². The zero-order valence-electron chi connectivity index (χ0n) is 17.3. The number of rotatable bonds is 4. The van der Waals surface area contributed by atoms with Crippen molar-refractivity contribution in [2.24, 2.45) is 0 Å². The molecule has 0 bridgehead atoms. The summed E-state index contributed by atoms with van der Waals surface area (Å²) in [6.45, 7) is 12.0. The number of hydrogen-bond acceptors (Lipinski definition) is 4. The third-order valence-electron chi connectivity index (χ3n) is 6.25. The molecule has 0 saturated carbocycles. The highest BCUT2D eigenvalue weighted by atomic mass is 15.3. The Kier molecular flexibility index (Phi) is 5.67. The molecule has 0 spiro atoms. The Bertz CT molecular complexity index is 823. The van der Waals surface area contributed by atoms with Gasteiger partial charge in [-0.05, 0) is 56.5 Å². The lowest BCUT2D eigenvalue weighted by atomic mass is 9.91. The average molecular weight is 377 g/mol. The molecular weight excluding hydrogens is 344 g/mol. The largest absolute Gasteiger partial charge is 0.363 e. The van der Waals surface area contributed by atoms with E-state index in [4.69, 9.17) is 4.98 Å². The number of nitrogens with zero attached hydrogens (tertiary/aromatic N) is 4. The van der Waals surface area contributed by atoms with Crippen molar-refractivity contribution < 1.29 is 0 Å². The number of pyridine rings is 1. The average Bonchev–Trinajstić information content (AvgIpc) is 2.74. The first-order chi connectivity index (χ1) is 13.6. The minimum atomic E-state index is 0.400. The lowest BCUT2D eigenvalue weighted by Gasteiger charge is -2.39. The monoisotopic (exact) mass is 376 g/mol. The van der Waals surface area contributed by atoms with E-state index in [1.54, 1.807) is 0 Å². The van der Waals surface area contributed by atoms with E-state index in [2.05, 4.69) is 77.7 Å². The number of anilines is 1. The summed E-state index contributed by atoms with van der Waals surface area (Å²) >= 11 is 0. The normalized spacial score (nSPS) is 21.0. The molecule has 2 fully saturated rings. The fourth-order valence-corrected chi connectivity index (χ4v) is 4.48. The quantitative estimate of drug-likeness (QED) is 0.792. The van der Waals surface area contributed by atoms with Gasteiger partial charge in [0.25, 0.3) is 0 Å². The molecule has 0 amide bonds. The molecule has 2 aliphatic rings. The molecule has 2 aliphatic heterocycles. The third-order valence-corrected chi connectivity index (χ3v) is 6.25. The van der Waals surface area contributed by atoms with Crippen LogP contribution in [0.3, 0.4) is 0 Å². The van der Waals surface area contributed by atoms with Crippen LogP contribution in [0.1, 0.15) is 42.1 Å². The van der Waals surface area contributed by atoms with Crippen molar-refractivity contribution in [3.8, 4) is 0 Å². The Morgan fingerprint density at radius 1 is 0.964 bits per heavy atom. The molecular formula is C24H32N4. The van der Waals surface area contributed by atoms with Crippen LogP contribution in [0.2, 0.25) is 0 Å². The van der Waals surface area contributed by atoms with Gasteiger partial charge in [-0.3, -0.25) is 0 Å². The highest BCUT2D eigenvalue weighted by molar-refractivity contribution is 5.61. The molecule has 0 radical (unpaired) electrons. The number of aryl methyl sites for hydroxylation is 1. The predicted octanol–water partition coefficient (Wildman–Crippen LogP) is 4.34. The molecule has 0 N–H and O–H groups in total. The smallest absolute Gasteiger partial charge is 0.129 e. The van der Waals surface area contributed by atoms with Crippen molar-refractivity contribution in [1.29, 1.82) is 0 Å². The maximum atomic E-state index is 5.01. The Balaban J connectivity index is 1.57. The second-order valence-electron chi connectivity index (χ2n) is 8.18. The van der Waals surface area contributed by atoms with E-state index in [-0.39, 0.29) is 0 Å². The van der Waals surface area contributed by atoms with E-state index in [0.717, 1.165) is 49.9 Å². The summed E-state index contributed by atoms with van der Waals surface area (Å²) in [5.74, 6) is 1.08. The lowest BCUT2D eigenvalue weighted by Crippen LogP contribution is -2.44. The molecule has 1 atom stereocenters. The van der Waals surface area contributed by atoms with Gasteiger partial charge in [0.05, 0.1) is 17.4 Å². The van der Waals surface area contributed by atoms with Crippen LogP contribution in [0.4, 0.5) is 5.82 Å².